The van der Waals surface area contributed by atoms with Gasteiger partial charge in [0.1, 0.15) is 24.4 Å². The Morgan fingerprint density at radius 2 is 1.62 bits per heavy atom. The van der Waals surface area contributed by atoms with Gasteiger partial charge in [-0.1, -0.05) is 10.2 Å². The van der Waals surface area contributed by atoms with Gasteiger partial charge in [-0.15, -0.1) is 0 Å². The molecule has 21 heavy (non-hydrogen) atoms. The molecule has 0 unspecified atom stereocenters. The summed E-state index contributed by atoms with van der Waals surface area (Å²) in [6.07, 6.45) is -8.06. The molecule has 0 aliphatic carbocycles. The van der Waals surface area contributed by atoms with Gasteiger partial charge in [-0.3, -0.25) is 0 Å². The summed E-state index contributed by atoms with van der Waals surface area (Å²) in [5, 5.41) is 44.5. The first-order valence-electron chi connectivity index (χ1n) is 6.02. The highest BCUT2D eigenvalue weighted by molar-refractivity contribution is 4.89. The van der Waals surface area contributed by atoms with Crippen LogP contribution in [0.5, 0.6) is 0 Å². The molecule has 1 heterocycles. The van der Waals surface area contributed by atoms with Crippen LogP contribution in [0.3, 0.4) is 0 Å². The van der Waals surface area contributed by atoms with Gasteiger partial charge in [0.05, 0.1) is 25.8 Å². The van der Waals surface area contributed by atoms with E-state index in [1.807, 2.05) is 0 Å². The molecular formula is C9H16N6O6. The summed E-state index contributed by atoms with van der Waals surface area (Å²) in [4.78, 5) is 5.06. The SMILES string of the molecule is [N-]=[N+]=NCC(CN=[N+]=[N-])O[C@H]1O[C@H](CO)[C@H](O)[C@@H](O)[C@H]1O. The van der Waals surface area contributed by atoms with Crippen molar-refractivity contribution in [1.29, 1.82) is 0 Å². The van der Waals surface area contributed by atoms with Gasteiger partial charge in [0.2, 0.25) is 0 Å². The number of nitrogens with zero attached hydrogens (tertiary/aromatic N) is 6. The second-order valence-electron chi connectivity index (χ2n) is 4.28. The molecule has 0 aromatic rings. The third-order valence-corrected chi connectivity index (χ3v) is 2.87. The van der Waals surface area contributed by atoms with E-state index in [4.69, 9.17) is 25.6 Å². The molecule has 12 nitrogen and oxygen atoms in total. The maximum atomic E-state index is 9.77. The Bertz CT molecular complexity index is 403. The second kappa shape index (κ2) is 8.62. The van der Waals surface area contributed by atoms with E-state index in [0.717, 1.165) is 0 Å². The first kappa shape index (κ1) is 17.4. The van der Waals surface area contributed by atoms with Crippen molar-refractivity contribution in [3.63, 3.8) is 0 Å². The maximum absolute atomic E-state index is 9.77. The summed E-state index contributed by atoms with van der Waals surface area (Å²) >= 11 is 0. The molecule has 12 heteroatoms. The molecule has 1 rings (SSSR count). The van der Waals surface area contributed by atoms with E-state index in [1.165, 1.54) is 0 Å². The fraction of sp³-hybridized carbons (Fsp3) is 1.00. The lowest BCUT2D eigenvalue weighted by Gasteiger charge is -2.40. The zero-order chi connectivity index (χ0) is 15.8. The van der Waals surface area contributed by atoms with Gasteiger partial charge >= 0.3 is 0 Å². The first-order valence-corrected chi connectivity index (χ1v) is 6.02. The Hall–Kier alpha value is -1.62. The number of aliphatic hydroxyl groups excluding tert-OH is 4. The monoisotopic (exact) mass is 304 g/mol. The van der Waals surface area contributed by atoms with Gasteiger partial charge < -0.3 is 29.9 Å². The summed E-state index contributed by atoms with van der Waals surface area (Å²) in [5.41, 5.74) is 16.5. The molecule has 0 spiro atoms. The van der Waals surface area contributed by atoms with Crippen molar-refractivity contribution in [2.75, 3.05) is 19.7 Å². The third kappa shape index (κ3) is 4.70. The van der Waals surface area contributed by atoms with E-state index in [0.29, 0.717) is 0 Å². The molecule has 0 aromatic heterocycles. The van der Waals surface area contributed by atoms with Gasteiger partial charge in [0, 0.05) is 9.82 Å². The molecule has 1 aliphatic heterocycles. The highest BCUT2D eigenvalue weighted by Gasteiger charge is 2.44. The van der Waals surface area contributed by atoms with Crippen LogP contribution in [0.2, 0.25) is 0 Å². The van der Waals surface area contributed by atoms with Gasteiger partial charge in [-0.05, 0) is 11.1 Å². The van der Waals surface area contributed by atoms with Crippen LogP contribution in [0.15, 0.2) is 10.2 Å². The number of rotatable bonds is 7. The van der Waals surface area contributed by atoms with Crippen LogP contribution in [0.4, 0.5) is 0 Å². The normalized spacial score (nSPS) is 33.6. The smallest absolute Gasteiger partial charge is 0.186 e. The van der Waals surface area contributed by atoms with Crippen molar-refractivity contribution in [3.8, 4) is 0 Å². The largest absolute Gasteiger partial charge is 0.394 e. The fourth-order valence-corrected chi connectivity index (χ4v) is 1.77. The van der Waals surface area contributed by atoms with E-state index < -0.39 is 43.4 Å². The van der Waals surface area contributed by atoms with Gasteiger partial charge in [-0.25, -0.2) is 0 Å². The number of ether oxygens (including phenoxy) is 2. The van der Waals surface area contributed by atoms with E-state index in [2.05, 4.69) is 20.1 Å². The van der Waals surface area contributed by atoms with Crippen molar-refractivity contribution >= 4 is 0 Å². The topological polar surface area (TPSA) is 197 Å². The minimum Gasteiger partial charge on any atom is -0.394 e. The molecule has 4 N–H and O–H groups in total. The maximum Gasteiger partial charge on any atom is 0.186 e. The zero-order valence-corrected chi connectivity index (χ0v) is 10.9. The average molecular weight is 304 g/mol. The Labute approximate surface area is 118 Å². The molecule has 1 aliphatic rings. The predicted molar refractivity (Wildman–Crippen MR) is 66.7 cm³/mol. The third-order valence-electron chi connectivity index (χ3n) is 2.87. The van der Waals surface area contributed by atoms with E-state index in [1.54, 1.807) is 0 Å². The summed E-state index contributed by atoms with van der Waals surface area (Å²) in [7, 11) is 0. The number of azide groups is 2. The zero-order valence-electron chi connectivity index (χ0n) is 10.9. The fourth-order valence-electron chi connectivity index (χ4n) is 1.77. The highest BCUT2D eigenvalue weighted by atomic mass is 16.7. The van der Waals surface area contributed by atoms with Crippen molar-refractivity contribution in [2.45, 2.75) is 36.8 Å². The van der Waals surface area contributed by atoms with E-state index >= 15 is 0 Å². The van der Waals surface area contributed by atoms with Crippen LogP contribution < -0.4 is 0 Å². The van der Waals surface area contributed by atoms with Crippen molar-refractivity contribution in [2.24, 2.45) is 10.2 Å². The predicted octanol–water partition coefficient (Wildman–Crippen LogP) is -1.21. The summed E-state index contributed by atoms with van der Waals surface area (Å²) in [5.74, 6) is 0. The minimum absolute atomic E-state index is 0.190. The van der Waals surface area contributed by atoms with Crippen LogP contribution in [0.25, 0.3) is 20.9 Å². The van der Waals surface area contributed by atoms with Crippen molar-refractivity contribution < 1.29 is 29.9 Å². The Kier molecular flexibility index (Phi) is 7.15. The molecule has 0 bridgehead atoms. The van der Waals surface area contributed by atoms with Gasteiger partial charge in [0.25, 0.3) is 0 Å². The minimum atomic E-state index is -1.58. The summed E-state index contributed by atoms with van der Waals surface area (Å²) in [6, 6.07) is 0. The molecule has 5 atom stereocenters. The Balaban J connectivity index is 2.75. The van der Waals surface area contributed by atoms with Crippen LogP contribution >= 0.6 is 0 Å². The molecule has 1 saturated heterocycles. The Morgan fingerprint density at radius 3 is 2.10 bits per heavy atom. The average Bonchev–Trinajstić information content (AvgIpc) is 2.50. The number of hydrogen-bond acceptors (Lipinski definition) is 8. The van der Waals surface area contributed by atoms with Gasteiger partial charge in [-0.2, -0.15) is 0 Å². The first-order chi connectivity index (χ1) is 10.0. The highest BCUT2D eigenvalue weighted by Crippen LogP contribution is 2.23. The molecule has 0 aromatic carbocycles. The van der Waals surface area contributed by atoms with E-state index in [-0.39, 0.29) is 13.1 Å². The molecule has 0 radical (unpaired) electrons. The summed E-state index contributed by atoms with van der Waals surface area (Å²) < 4.78 is 10.4. The second-order valence-corrected chi connectivity index (χ2v) is 4.28. The molecule has 0 amide bonds. The van der Waals surface area contributed by atoms with Crippen LogP contribution in [-0.4, -0.2) is 76.9 Å². The molecule has 1 fully saturated rings. The lowest BCUT2D eigenvalue weighted by molar-refractivity contribution is -0.309. The van der Waals surface area contributed by atoms with Crippen molar-refractivity contribution in [3.05, 3.63) is 20.9 Å². The van der Waals surface area contributed by atoms with Crippen LogP contribution in [0.1, 0.15) is 0 Å². The standard InChI is InChI=1S/C9H16N6O6/c10-14-12-1-4(2-13-15-11)20-9-8(19)7(18)6(17)5(3-16)21-9/h4-9,16-19H,1-3H2/t5-,6+,7-,8-,9+/m1/s1. The van der Waals surface area contributed by atoms with Gasteiger partial charge in [0.15, 0.2) is 6.29 Å². The molecule has 118 valence electrons. The van der Waals surface area contributed by atoms with Crippen LogP contribution in [-0.2, 0) is 9.47 Å². The van der Waals surface area contributed by atoms with Crippen molar-refractivity contribution in [1.82, 2.24) is 0 Å². The molecule has 0 saturated carbocycles. The summed E-state index contributed by atoms with van der Waals surface area (Å²) in [6.45, 7) is -0.975. The molecular weight excluding hydrogens is 288 g/mol. The van der Waals surface area contributed by atoms with E-state index in [9.17, 15) is 15.3 Å². The lowest BCUT2D eigenvalue weighted by Crippen LogP contribution is -2.59. The number of aliphatic hydroxyl groups is 4. The Morgan fingerprint density at radius 1 is 1.05 bits per heavy atom. The lowest BCUT2D eigenvalue weighted by atomic mass is 9.99. The van der Waals surface area contributed by atoms with Crippen LogP contribution in [0, 0.1) is 0 Å². The number of hydrogen-bond donors (Lipinski definition) is 4. The quantitative estimate of drug-likeness (QED) is 0.258.